The zero-order valence-corrected chi connectivity index (χ0v) is 16.6. The van der Waals surface area contributed by atoms with Crippen molar-refractivity contribution in [2.45, 2.75) is 32.1 Å². The minimum Gasteiger partial charge on any atom is -0.454 e. The highest BCUT2D eigenvalue weighted by Gasteiger charge is 2.24. The summed E-state index contributed by atoms with van der Waals surface area (Å²) in [7, 11) is 0. The number of rotatable bonds is 4. The number of pyridine rings is 1. The molecule has 0 saturated carbocycles. The van der Waals surface area contributed by atoms with Crippen molar-refractivity contribution in [3.63, 3.8) is 0 Å². The first-order chi connectivity index (χ1) is 14.7. The van der Waals surface area contributed by atoms with Gasteiger partial charge in [0, 0.05) is 33.7 Å². The van der Waals surface area contributed by atoms with Gasteiger partial charge >= 0.3 is 5.97 Å². The molecule has 2 heterocycles. The Morgan fingerprint density at radius 1 is 0.933 bits per heavy atom. The molecule has 1 aliphatic carbocycles. The molecular weight excluding hydrogens is 376 g/mol. The average molecular weight is 398 g/mol. The molecular formula is C25H22N2O3. The Labute approximate surface area is 174 Å². The van der Waals surface area contributed by atoms with Crippen LogP contribution in [-0.4, -0.2) is 28.3 Å². The Morgan fingerprint density at radius 3 is 2.60 bits per heavy atom. The third kappa shape index (κ3) is 3.26. The summed E-state index contributed by atoms with van der Waals surface area (Å²) in [4.78, 5) is 33.8. The molecule has 1 aliphatic rings. The van der Waals surface area contributed by atoms with Gasteiger partial charge in [-0.3, -0.25) is 9.78 Å². The minimum absolute atomic E-state index is 0.217. The minimum atomic E-state index is -0.444. The van der Waals surface area contributed by atoms with Gasteiger partial charge in [0.05, 0.1) is 11.1 Å². The molecule has 0 radical (unpaired) electrons. The van der Waals surface area contributed by atoms with Crippen molar-refractivity contribution in [2.24, 2.45) is 0 Å². The SMILES string of the molecule is O=C(OCC(=O)c1c[nH]c2ccccc12)c1c2c(nc3ccccc13)CCCCC2. The molecule has 0 spiro atoms. The van der Waals surface area contributed by atoms with Gasteiger partial charge in [0.25, 0.3) is 0 Å². The third-order valence-corrected chi connectivity index (χ3v) is 5.85. The fourth-order valence-corrected chi connectivity index (χ4v) is 4.37. The number of fused-ring (bicyclic) bond motifs is 3. The number of aromatic nitrogens is 2. The standard InChI is InChI=1S/C25H22N2O3/c28-23(19-14-26-20-11-6-4-8-16(19)20)15-30-25(29)24-17-9-2-1-3-12-21(17)27-22-13-7-5-10-18(22)24/h4-8,10-11,13-14,26H,1-3,9,12,15H2. The van der Waals surface area contributed by atoms with Crippen molar-refractivity contribution in [1.29, 1.82) is 0 Å². The van der Waals surface area contributed by atoms with Crippen LogP contribution >= 0.6 is 0 Å². The Kier molecular flexibility index (Phi) is 4.79. The molecule has 5 heteroatoms. The fraction of sp³-hybridized carbons (Fsp3) is 0.240. The summed E-state index contributed by atoms with van der Waals surface area (Å²) in [6, 6.07) is 15.3. The number of carbonyl (C=O) groups excluding carboxylic acids is 2. The van der Waals surface area contributed by atoms with Gasteiger partial charge in [-0.25, -0.2) is 4.79 Å². The lowest BCUT2D eigenvalue weighted by Gasteiger charge is -2.14. The van der Waals surface area contributed by atoms with Crippen LogP contribution < -0.4 is 0 Å². The summed E-state index contributed by atoms with van der Waals surface area (Å²) in [5.74, 6) is -0.662. The van der Waals surface area contributed by atoms with Crippen LogP contribution in [-0.2, 0) is 17.6 Å². The molecule has 0 fully saturated rings. The summed E-state index contributed by atoms with van der Waals surface area (Å²) >= 11 is 0. The lowest BCUT2D eigenvalue weighted by Crippen LogP contribution is -2.17. The normalized spacial score (nSPS) is 13.7. The molecule has 0 atom stereocenters. The molecule has 0 saturated heterocycles. The molecule has 2 aromatic heterocycles. The van der Waals surface area contributed by atoms with E-state index in [2.05, 4.69) is 4.98 Å². The van der Waals surface area contributed by atoms with Crippen molar-refractivity contribution in [2.75, 3.05) is 6.61 Å². The highest BCUT2D eigenvalue weighted by atomic mass is 16.5. The number of nitrogens with one attached hydrogen (secondary N) is 1. The summed E-state index contributed by atoms with van der Waals surface area (Å²) in [5.41, 5.74) is 4.77. The van der Waals surface area contributed by atoms with Gasteiger partial charge in [0.2, 0.25) is 5.78 Å². The van der Waals surface area contributed by atoms with Gasteiger partial charge in [-0.15, -0.1) is 0 Å². The fourth-order valence-electron chi connectivity index (χ4n) is 4.37. The average Bonchev–Trinajstić information content (AvgIpc) is 3.07. The van der Waals surface area contributed by atoms with Crippen LogP contribution in [0, 0.1) is 0 Å². The van der Waals surface area contributed by atoms with E-state index >= 15 is 0 Å². The van der Waals surface area contributed by atoms with E-state index < -0.39 is 5.97 Å². The Balaban J connectivity index is 1.46. The third-order valence-electron chi connectivity index (χ3n) is 5.85. The predicted octanol–water partition coefficient (Wildman–Crippen LogP) is 5.02. The quantitative estimate of drug-likeness (QED) is 0.297. The van der Waals surface area contributed by atoms with E-state index in [9.17, 15) is 9.59 Å². The second-order valence-corrected chi connectivity index (χ2v) is 7.74. The number of aromatic amines is 1. The van der Waals surface area contributed by atoms with Crippen LogP contribution in [0.2, 0.25) is 0 Å². The maximum atomic E-state index is 13.2. The summed E-state index contributed by atoms with van der Waals surface area (Å²) in [6.07, 6.45) is 6.59. The Bertz CT molecular complexity index is 1270. The van der Waals surface area contributed by atoms with Crippen LogP contribution in [0.15, 0.2) is 54.7 Å². The number of esters is 1. The summed E-state index contributed by atoms with van der Waals surface area (Å²) in [5, 5.41) is 1.63. The molecule has 0 aliphatic heterocycles. The molecule has 30 heavy (non-hydrogen) atoms. The number of aryl methyl sites for hydroxylation is 1. The number of hydrogen-bond acceptors (Lipinski definition) is 4. The number of benzene rings is 2. The van der Waals surface area contributed by atoms with Gasteiger partial charge in [-0.05, 0) is 43.4 Å². The summed E-state index contributed by atoms with van der Waals surface area (Å²) < 4.78 is 5.55. The van der Waals surface area contributed by atoms with Crippen molar-refractivity contribution in [1.82, 2.24) is 9.97 Å². The van der Waals surface area contributed by atoms with Crippen LogP contribution in [0.25, 0.3) is 21.8 Å². The Hall–Kier alpha value is -3.47. The predicted molar refractivity (Wildman–Crippen MR) is 116 cm³/mol. The molecule has 1 N–H and O–H groups in total. The second-order valence-electron chi connectivity index (χ2n) is 7.74. The van der Waals surface area contributed by atoms with E-state index in [-0.39, 0.29) is 12.4 Å². The molecule has 5 nitrogen and oxygen atoms in total. The lowest BCUT2D eigenvalue weighted by atomic mass is 9.97. The van der Waals surface area contributed by atoms with E-state index in [1.54, 1.807) is 6.20 Å². The van der Waals surface area contributed by atoms with Crippen molar-refractivity contribution in [3.8, 4) is 0 Å². The highest BCUT2D eigenvalue weighted by molar-refractivity contribution is 6.10. The van der Waals surface area contributed by atoms with Crippen LogP contribution in [0.5, 0.6) is 0 Å². The molecule has 2 aromatic carbocycles. The molecule has 0 bridgehead atoms. The molecule has 4 aromatic rings. The molecule has 5 rings (SSSR count). The van der Waals surface area contributed by atoms with Crippen LogP contribution in [0.1, 0.15) is 51.2 Å². The first kappa shape index (κ1) is 18.6. The molecule has 0 unspecified atom stereocenters. The van der Waals surface area contributed by atoms with Gasteiger partial charge < -0.3 is 9.72 Å². The number of ether oxygens (including phenoxy) is 1. The van der Waals surface area contributed by atoms with Crippen molar-refractivity contribution in [3.05, 3.63) is 77.1 Å². The van der Waals surface area contributed by atoms with E-state index in [4.69, 9.17) is 9.72 Å². The number of para-hydroxylation sites is 2. The maximum absolute atomic E-state index is 13.2. The van der Waals surface area contributed by atoms with Gasteiger partial charge in [0.1, 0.15) is 0 Å². The first-order valence-corrected chi connectivity index (χ1v) is 10.4. The van der Waals surface area contributed by atoms with Crippen molar-refractivity contribution >= 4 is 33.6 Å². The number of H-pyrrole nitrogens is 1. The van der Waals surface area contributed by atoms with Crippen LogP contribution in [0.3, 0.4) is 0 Å². The van der Waals surface area contributed by atoms with Gasteiger partial charge in [-0.2, -0.15) is 0 Å². The topological polar surface area (TPSA) is 72.1 Å². The lowest BCUT2D eigenvalue weighted by molar-refractivity contribution is 0.0476. The zero-order chi connectivity index (χ0) is 20.5. The van der Waals surface area contributed by atoms with E-state index in [1.807, 2.05) is 48.5 Å². The summed E-state index contributed by atoms with van der Waals surface area (Å²) in [6.45, 7) is -0.286. The first-order valence-electron chi connectivity index (χ1n) is 10.4. The zero-order valence-electron chi connectivity index (χ0n) is 16.6. The van der Waals surface area contributed by atoms with Gasteiger partial charge in [-0.1, -0.05) is 42.8 Å². The van der Waals surface area contributed by atoms with E-state index in [0.29, 0.717) is 11.1 Å². The van der Waals surface area contributed by atoms with E-state index in [1.165, 1.54) is 0 Å². The molecule has 150 valence electrons. The number of Topliss-reactive ketones (excluding diaryl/α,β-unsaturated/α-hetero) is 1. The maximum Gasteiger partial charge on any atom is 0.339 e. The number of hydrogen-bond donors (Lipinski definition) is 1. The smallest absolute Gasteiger partial charge is 0.339 e. The van der Waals surface area contributed by atoms with Crippen molar-refractivity contribution < 1.29 is 14.3 Å². The Morgan fingerprint density at radius 2 is 1.70 bits per heavy atom. The van der Waals surface area contributed by atoms with E-state index in [0.717, 1.165) is 65.2 Å². The number of carbonyl (C=O) groups is 2. The number of ketones is 1. The largest absolute Gasteiger partial charge is 0.454 e. The van der Waals surface area contributed by atoms with Gasteiger partial charge in [0.15, 0.2) is 6.61 Å². The second kappa shape index (κ2) is 7.75. The van der Waals surface area contributed by atoms with Crippen LogP contribution in [0.4, 0.5) is 0 Å². The molecule has 0 amide bonds. The monoisotopic (exact) mass is 398 g/mol. The highest BCUT2D eigenvalue weighted by Crippen LogP contribution is 2.29. The number of nitrogens with zero attached hydrogens (tertiary/aromatic N) is 1.